The first kappa shape index (κ1) is 14.7. The lowest BCUT2D eigenvalue weighted by molar-refractivity contribution is 0.252. The maximum Gasteiger partial charge on any atom is 0.246 e. The van der Waals surface area contributed by atoms with Gasteiger partial charge in [-0.15, -0.1) is 0 Å². The van der Waals surface area contributed by atoms with Crippen LogP contribution in [-0.2, 0) is 10.0 Å². The van der Waals surface area contributed by atoms with E-state index in [0.717, 1.165) is 0 Å². The molecule has 19 heavy (non-hydrogen) atoms. The van der Waals surface area contributed by atoms with Crippen molar-refractivity contribution in [2.75, 3.05) is 13.1 Å². The Morgan fingerprint density at radius 1 is 1.47 bits per heavy atom. The van der Waals surface area contributed by atoms with Crippen LogP contribution < -0.4 is 5.73 Å². The lowest BCUT2D eigenvalue weighted by Crippen LogP contribution is -2.49. The van der Waals surface area contributed by atoms with Crippen LogP contribution in [0.25, 0.3) is 0 Å². The summed E-state index contributed by atoms with van der Waals surface area (Å²) in [4.78, 5) is -0.387. The summed E-state index contributed by atoms with van der Waals surface area (Å²) in [7, 11) is -3.88. The van der Waals surface area contributed by atoms with Gasteiger partial charge in [-0.2, -0.15) is 4.31 Å². The van der Waals surface area contributed by atoms with Gasteiger partial charge in [0.05, 0.1) is 5.02 Å². The Morgan fingerprint density at radius 2 is 2.16 bits per heavy atom. The zero-order chi connectivity index (χ0) is 14.2. The van der Waals surface area contributed by atoms with Gasteiger partial charge in [-0.05, 0) is 24.5 Å². The highest BCUT2D eigenvalue weighted by molar-refractivity contribution is 7.89. The molecule has 4 nitrogen and oxygen atoms in total. The van der Waals surface area contributed by atoms with E-state index >= 15 is 0 Å². The van der Waals surface area contributed by atoms with Crippen molar-refractivity contribution in [1.82, 2.24) is 4.31 Å². The van der Waals surface area contributed by atoms with Crippen molar-refractivity contribution in [1.29, 1.82) is 0 Å². The summed E-state index contributed by atoms with van der Waals surface area (Å²) in [6.45, 7) is 2.53. The third kappa shape index (κ3) is 2.76. The second-order valence-corrected chi connectivity index (χ2v) is 7.16. The van der Waals surface area contributed by atoms with Gasteiger partial charge < -0.3 is 5.73 Å². The number of nitrogens with zero attached hydrogens (tertiary/aromatic N) is 1. The molecule has 0 bridgehead atoms. The maximum absolute atomic E-state index is 13.9. The first-order valence-corrected chi connectivity index (χ1v) is 7.85. The van der Waals surface area contributed by atoms with Crippen LogP contribution >= 0.6 is 11.6 Å². The Kier molecular flexibility index (Phi) is 4.15. The summed E-state index contributed by atoms with van der Waals surface area (Å²) in [6.07, 6.45) is 0.669. The zero-order valence-electron chi connectivity index (χ0n) is 10.5. The molecule has 1 heterocycles. The van der Waals surface area contributed by atoms with Gasteiger partial charge in [0.1, 0.15) is 4.90 Å². The minimum absolute atomic E-state index is 0.198. The van der Waals surface area contributed by atoms with Crippen LogP contribution in [0.4, 0.5) is 4.39 Å². The van der Waals surface area contributed by atoms with E-state index in [9.17, 15) is 12.8 Å². The van der Waals surface area contributed by atoms with Gasteiger partial charge in [0.2, 0.25) is 10.0 Å². The summed E-state index contributed by atoms with van der Waals surface area (Å²) in [5, 5.41) is -0.198. The fourth-order valence-corrected chi connectivity index (χ4v) is 3.92. The van der Waals surface area contributed by atoms with Crippen molar-refractivity contribution in [2.24, 2.45) is 11.7 Å². The SMILES string of the molecule is CC1CCN(S(=O)(=O)c2cccc(Cl)c2F)CC1N. The molecular weight excluding hydrogens is 291 g/mol. The molecule has 0 radical (unpaired) electrons. The number of rotatable bonds is 2. The first-order valence-electron chi connectivity index (χ1n) is 6.03. The maximum atomic E-state index is 13.9. The summed E-state index contributed by atoms with van der Waals surface area (Å²) in [5.74, 6) is -0.646. The lowest BCUT2D eigenvalue weighted by Gasteiger charge is -2.34. The Balaban J connectivity index is 2.35. The number of halogens is 2. The molecule has 0 aromatic heterocycles. The Hall–Kier alpha value is -0.690. The van der Waals surface area contributed by atoms with E-state index in [0.29, 0.717) is 13.0 Å². The molecule has 1 fully saturated rings. The molecule has 0 amide bonds. The van der Waals surface area contributed by atoms with Crippen LogP contribution in [0.3, 0.4) is 0 Å². The lowest BCUT2D eigenvalue weighted by atomic mass is 9.96. The number of nitrogens with two attached hydrogens (primary N) is 1. The van der Waals surface area contributed by atoms with E-state index in [2.05, 4.69) is 0 Å². The van der Waals surface area contributed by atoms with Gasteiger partial charge in [0, 0.05) is 19.1 Å². The number of sulfonamides is 1. The van der Waals surface area contributed by atoms with Crippen LogP contribution in [0.5, 0.6) is 0 Å². The number of hydrogen-bond donors (Lipinski definition) is 1. The van der Waals surface area contributed by atoms with Crippen molar-refractivity contribution < 1.29 is 12.8 Å². The first-order chi connectivity index (χ1) is 8.84. The van der Waals surface area contributed by atoms with Gasteiger partial charge in [0.25, 0.3) is 0 Å². The highest BCUT2D eigenvalue weighted by atomic mass is 35.5. The Morgan fingerprint density at radius 3 is 2.79 bits per heavy atom. The Labute approximate surface area is 117 Å². The molecule has 1 aliphatic heterocycles. The molecule has 1 aromatic rings. The summed E-state index contributed by atoms with van der Waals surface area (Å²) in [6, 6.07) is 3.73. The third-order valence-electron chi connectivity index (χ3n) is 3.51. The average molecular weight is 307 g/mol. The topological polar surface area (TPSA) is 63.4 Å². The molecule has 0 spiro atoms. The van der Waals surface area contributed by atoms with Crippen LogP contribution in [0.1, 0.15) is 13.3 Å². The number of hydrogen-bond acceptors (Lipinski definition) is 3. The van der Waals surface area contributed by atoms with Crippen LogP contribution in [0.2, 0.25) is 5.02 Å². The van der Waals surface area contributed by atoms with Crippen molar-refractivity contribution in [2.45, 2.75) is 24.3 Å². The molecular formula is C12H16ClFN2O2S. The van der Waals surface area contributed by atoms with Crippen molar-refractivity contribution in [3.05, 3.63) is 29.0 Å². The zero-order valence-corrected chi connectivity index (χ0v) is 12.1. The summed E-state index contributed by atoms with van der Waals surface area (Å²) in [5.41, 5.74) is 5.89. The smallest absolute Gasteiger partial charge is 0.246 e. The molecule has 2 unspecified atom stereocenters. The molecule has 0 saturated carbocycles. The van der Waals surface area contributed by atoms with Gasteiger partial charge in [-0.25, -0.2) is 12.8 Å². The molecule has 2 rings (SSSR count). The van der Waals surface area contributed by atoms with Crippen molar-refractivity contribution in [3.8, 4) is 0 Å². The van der Waals surface area contributed by atoms with Gasteiger partial charge in [0.15, 0.2) is 5.82 Å². The minimum Gasteiger partial charge on any atom is -0.326 e. The average Bonchev–Trinajstić information content (AvgIpc) is 2.35. The fraction of sp³-hybridized carbons (Fsp3) is 0.500. The Bertz CT molecular complexity index is 579. The minimum atomic E-state index is -3.88. The molecule has 1 aliphatic rings. The predicted molar refractivity (Wildman–Crippen MR) is 71.9 cm³/mol. The molecule has 2 N–H and O–H groups in total. The highest BCUT2D eigenvalue weighted by Crippen LogP contribution is 2.27. The molecule has 7 heteroatoms. The molecule has 0 aliphatic carbocycles. The monoisotopic (exact) mass is 306 g/mol. The summed E-state index contributed by atoms with van der Waals surface area (Å²) < 4.78 is 39.9. The van der Waals surface area contributed by atoms with E-state index in [-0.39, 0.29) is 28.4 Å². The molecule has 1 saturated heterocycles. The van der Waals surface area contributed by atoms with E-state index in [1.54, 1.807) is 0 Å². The standard InChI is InChI=1S/C12H16ClFN2O2S/c1-8-5-6-16(7-10(8)15)19(17,18)11-4-2-3-9(13)12(11)14/h2-4,8,10H,5-7,15H2,1H3. The summed E-state index contributed by atoms with van der Waals surface area (Å²) >= 11 is 5.63. The van der Waals surface area contributed by atoms with Gasteiger partial charge >= 0.3 is 0 Å². The van der Waals surface area contributed by atoms with Crippen molar-refractivity contribution >= 4 is 21.6 Å². The van der Waals surface area contributed by atoms with Crippen LogP contribution in [0, 0.1) is 11.7 Å². The van der Waals surface area contributed by atoms with E-state index < -0.39 is 15.8 Å². The van der Waals surface area contributed by atoms with Gasteiger partial charge in [-0.3, -0.25) is 0 Å². The van der Waals surface area contributed by atoms with Crippen molar-refractivity contribution in [3.63, 3.8) is 0 Å². The van der Waals surface area contributed by atoms with E-state index in [1.165, 1.54) is 22.5 Å². The number of benzene rings is 1. The van der Waals surface area contributed by atoms with E-state index in [4.69, 9.17) is 17.3 Å². The molecule has 1 aromatic carbocycles. The normalized spacial score (nSPS) is 25.5. The second-order valence-electron chi connectivity index (χ2n) is 4.84. The second kappa shape index (κ2) is 5.36. The van der Waals surface area contributed by atoms with E-state index in [1.807, 2.05) is 6.92 Å². The quantitative estimate of drug-likeness (QED) is 0.907. The van der Waals surface area contributed by atoms with Gasteiger partial charge in [-0.1, -0.05) is 24.6 Å². The highest BCUT2D eigenvalue weighted by Gasteiger charge is 2.33. The fourth-order valence-electron chi connectivity index (χ4n) is 2.11. The van der Waals surface area contributed by atoms with Crippen LogP contribution in [0.15, 0.2) is 23.1 Å². The largest absolute Gasteiger partial charge is 0.326 e. The number of piperidine rings is 1. The van der Waals surface area contributed by atoms with Crippen LogP contribution in [-0.4, -0.2) is 31.9 Å². The molecule has 2 atom stereocenters. The molecule has 106 valence electrons. The third-order valence-corrected chi connectivity index (χ3v) is 5.69. The predicted octanol–water partition coefficient (Wildman–Crippen LogP) is 1.84.